The number of carbonyl (C=O) groups is 1. The lowest BCUT2D eigenvalue weighted by Crippen LogP contribution is -2.17. The standard InChI is InChI=1S/C24H21N5O4/c1-16-6-10-18(11-7-16)22-26-24(25-15-17-8-12-21(33-2)13-9-17)28(27-22)23(30)19-4-3-5-20(14-19)29(31)32/h3-14H,15H2,1-2H3,(H,25,26,27). The molecule has 0 saturated heterocycles. The molecular formula is C24H21N5O4. The molecular weight excluding hydrogens is 422 g/mol. The number of ether oxygens (including phenoxy) is 1. The molecule has 0 spiro atoms. The Morgan fingerprint density at radius 1 is 1.09 bits per heavy atom. The van der Waals surface area contributed by atoms with Gasteiger partial charge in [-0.3, -0.25) is 14.9 Å². The topological polar surface area (TPSA) is 112 Å². The molecule has 0 amide bonds. The van der Waals surface area contributed by atoms with Crippen LogP contribution >= 0.6 is 0 Å². The minimum absolute atomic E-state index is 0.136. The van der Waals surface area contributed by atoms with E-state index in [2.05, 4.69) is 15.4 Å². The van der Waals surface area contributed by atoms with E-state index in [0.29, 0.717) is 12.4 Å². The summed E-state index contributed by atoms with van der Waals surface area (Å²) < 4.78 is 6.32. The molecule has 4 aromatic rings. The molecule has 9 nitrogen and oxygen atoms in total. The van der Waals surface area contributed by atoms with E-state index in [1.807, 2.05) is 55.5 Å². The van der Waals surface area contributed by atoms with Crippen LogP contribution in [-0.4, -0.2) is 32.7 Å². The number of nitrogens with one attached hydrogen (secondary N) is 1. The first-order valence-electron chi connectivity index (χ1n) is 10.1. The van der Waals surface area contributed by atoms with Crippen LogP contribution < -0.4 is 10.1 Å². The largest absolute Gasteiger partial charge is 0.497 e. The number of aryl methyl sites for hydroxylation is 1. The molecule has 33 heavy (non-hydrogen) atoms. The third-order valence-corrected chi connectivity index (χ3v) is 5.02. The fourth-order valence-corrected chi connectivity index (χ4v) is 3.19. The van der Waals surface area contributed by atoms with Crippen LogP contribution in [-0.2, 0) is 6.54 Å². The van der Waals surface area contributed by atoms with Crippen molar-refractivity contribution in [1.82, 2.24) is 14.8 Å². The van der Waals surface area contributed by atoms with Crippen molar-refractivity contribution in [2.75, 3.05) is 12.4 Å². The summed E-state index contributed by atoms with van der Waals surface area (Å²) in [5, 5.41) is 18.7. The van der Waals surface area contributed by atoms with Gasteiger partial charge in [-0.25, -0.2) is 0 Å². The molecule has 166 valence electrons. The van der Waals surface area contributed by atoms with Crippen LogP contribution in [0.3, 0.4) is 0 Å². The lowest BCUT2D eigenvalue weighted by molar-refractivity contribution is -0.384. The molecule has 0 atom stereocenters. The second-order valence-electron chi connectivity index (χ2n) is 7.35. The van der Waals surface area contributed by atoms with Gasteiger partial charge in [-0.1, -0.05) is 48.0 Å². The van der Waals surface area contributed by atoms with E-state index in [-0.39, 0.29) is 17.2 Å². The van der Waals surface area contributed by atoms with E-state index in [1.165, 1.54) is 24.3 Å². The van der Waals surface area contributed by atoms with Crippen molar-refractivity contribution in [3.05, 3.63) is 99.6 Å². The SMILES string of the molecule is COc1ccc(CNc2nc(-c3ccc(C)cc3)nn2C(=O)c2cccc([N+](=O)[O-])c2)cc1. The highest BCUT2D eigenvalue weighted by molar-refractivity contribution is 5.97. The number of methoxy groups -OCH3 is 1. The van der Waals surface area contributed by atoms with Crippen molar-refractivity contribution < 1.29 is 14.5 Å². The maximum Gasteiger partial charge on any atom is 0.281 e. The van der Waals surface area contributed by atoms with Crippen molar-refractivity contribution in [1.29, 1.82) is 0 Å². The highest BCUT2D eigenvalue weighted by Crippen LogP contribution is 2.22. The first-order chi connectivity index (χ1) is 15.9. The molecule has 0 aliphatic rings. The van der Waals surface area contributed by atoms with E-state index in [4.69, 9.17) is 4.74 Å². The third-order valence-electron chi connectivity index (χ3n) is 5.02. The number of hydrogen-bond donors (Lipinski definition) is 1. The molecule has 0 radical (unpaired) electrons. The Balaban J connectivity index is 1.68. The summed E-state index contributed by atoms with van der Waals surface area (Å²) in [6.45, 7) is 2.36. The Morgan fingerprint density at radius 2 is 1.82 bits per heavy atom. The van der Waals surface area contributed by atoms with Gasteiger partial charge in [-0.05, 0) is 30.7 Å². The molecule has 0 bridgehead atoms. The second-order valence-corrected chi connectivity index (χ2v) is 7.35. The van der Waals surface area contributed by atoms with Crippen molar-refractivity contribution in [2.24, 2.45) is 0 Å². The molecule has 0 fully saturated rings. The van der Waals surface area contributed by atoms with Gasteiger partial charge in [0.05, 0.1) is 12.0 Å². The maximum atomic E-state index is 13.2. The number of nitrogens with zero attached hydrogens (tertiary/aromatic N) is 4. The fraction of sp³-hybridized carbons (Fsp3) is 0.125. The van der Waals surface area contributed by atoms with E-state index >= 15 is 0 Å². The minimum atomic E-state index is -0.543. The van der Waals surface area contributed by atoms with Crippen molar-refractivity contribution in [2.45, 2.75) is 13.5 Å². The quantitative estimate of drug-likeness (QED) is 0.331. The lowest BCUT2D eigenvalue weighted by atomic mass is 10.1. The highest BCUT2D eigenvalue weighted by atomic mass is 16.6. The van der Waals surface area contributed by atoms with Gasteiger partial charge in [-0.15, -0.1) is 5.10 Å². The molecule has 1 aromatic heterocycles. The smallest absolute Gasteiger partial charge is 0.281 e. The van der Waals surface area contributed by atoms with Gasteiger partial charge >= 0.3 is 0 Å². The van der Waals surface area contributed by atoms with Crippen molar-refractivity contribution in [3.8, 4) is 17.1 Å². The van der Waals surface area contributed by atoms with Crippen LogP contribution in [0.25, 0.3) is 11.4 Å². The number of nitro groups is 1. The summed E-state index contributed by atoms with van der Waals surface area (Å²) in [4.78, 5) is 28.3. The molecule has 0 aliphatic carbocycles. The molecule has 0 aliphatic heterocycles. The van der Waals surface area contributed by atoms with Gasteiger partial charge in [0.2, 0.25) is 5.95 Å². The Morgan fingerprint density at radius 3 is 2.48 bits per heavy atom. The molecule has 1 heterocycles. The number of nitro benzene ring substituents is 1. The number of anilines is 1. The van der Waals surface area contributed by atoms with E-state index in [1.54, 1.807) is 7.11 Å². The predicted octanol–water partition coefficient (Wildman–Crippen LogP) is 4.47. The molecule has 0 saturated carbocycles. The predicted molar refractivity (Wildman–Crippen MR) is 123 cm³/mol. The first kappa shape index (κ1) is 21.7. The number of non-ortho nitro benzene ring substituents is 1. The Labute approximate surface area is 189 Å². The monoisotopic (exact) mass is 443 g/mol. The molecule has 1 N–H and O–H groups in total. The average molecular weight is 443 g/mol. The first-order valence-corrected chi connectivity index (χ1v) is 10.1. The zero-order valence-electron chi connectivity index (χ0n) is 18.1. The Kier molecular flexibility index (Phi) is 6.12. The highest BCUT2D eigenvalue weighted by Gasteiger charge is 2.20. The zero-order valence-corrected chi connectivity index (χ0v) is 18.1. The van der Waals surface area contributed by atoms with E-state index in [9.17, 15) is 14.9 Å². The van der Waals surface area contributed by atoms with E-state index in [0.717, 1.165) is 27.1 Å². The number of hydrogen-bond acceptors (Lipinski definition) is 7. The lowest BCUT2D eigenvalue weighted by Gasteiger charge is -2.08. The zero-order chi connectivity index (χ0) is 23.4. The summed E-state index contributed by atoms with van der Waals surface area (Å²) in [6, 6.07) is 20.6. The Hall–Kier alpha value is -4.53. The van der Waals surface area contributed by atoms with Crippen LogP contribution in [0.2, 0.25) is 0 Å². The van der Waals surface area contributed by atoms with Crippen LogP contribution in [0.15, 0.2) is 72.8 Å². The average Bonchev–Trinajstić information content (AvgIpc) is 3.27. The molecule has 9 heteroatoms. The van der Waals surface area contributed by atoms with Crippen molar-refractivity contribution >= 4 is 17.5 Å². The summed E-state index contributed by atoms with van der Waals surface area (Å²) in [6.07, 6.45) is 0. The number of carbonyl (C=O) groups excluding carboxylic acids is 1. The summed E-state index contributed by atoms with van der Waals surface area (Å²) in [5.74, 6) is 0.815. The van der Waals surface area contributed by atoms with Gasteiger partial charge in [0.1, 0.15) is 5.75 Å². The Bertz CT molecular complexity index is 1300. The molecule has 3 aromatic carbocycles. The van der Waals surface area contributed by atoms with Gasteiger partial charge in [-0.2, -0.15) is 9.67 Å². The van der Waals surface area contributed by atoms with Gasteiger partial charge in [0.15, 0.2) is 5.82 Å². The van der Waals surface area contributed by atoms with Gasteiger partial charge in [0, 0.05) is 29.8 Å². The van der Waals surface area contributed by atoms with Crippen LogP contribution in [0.4, 0.5) is 11.6 Å². The third kappa shape index (κ3) is 4.87. The second kappa shape index (κ2) is 9.31. The number of rotatable bonds is 7. The summed E-state index contributed by atoms with van der Waals surface area (Å²) >= 11 is 0. The fourth-order valence-electron chi connectivity index (χ4n) is 3.19. The van der Waals surface area contributed by atoms with Crippen LogP contribution in [0, 0.1) is 17.0 Å². The minimum Gasteiger partial charge on any atom is -0.497 e. The molecule has 0 unspecified atom stereocenters. The maximum absolute atomic E-state index is 13.2. The van der Waals surface area contributed by atoms with Crippen molar-refractivity contribution in [3.63, 3.8) is 0 Å². The summed E-state index contributed by atoms with van der Waals surface area (Å²) in [5.41, 5.74) is 2.75. The van der Waals surface area contributed by atoms with Crippen LogP contribution in [0.5, 0.6) is 5.75 Å². The normalized spacial score (nSPS) is 10.6. The summed E-state index contributed by atoms with van der Waals surface area (Å²) in [7, 11) is 1.60. The van der Waals surface area contributed by atoms with Crippen LogP contribution in [0.1, 0.15) is 21.5 Å². The number of benzene rings is 3. The van der Waals surface area contributed by atoms with E-state index < -0.39 is 10.8 Å². The van der Waals surface area contributed by atoms with Gasteiger partial charge in [0.25, 0.3) is 11.6 Å². The molecule has 4 rings (SSSR count). The van der Waals surface area contributed by atoms with Gasteiger partial charge < -0.3 is 10.1 Å². The number of aromatic nitrogens is 3.